The second kappa shape index (κ2) is 7.76. The number of nitrogen functional groups attached to an aromatic ring is 1. The van der Waals surface area contributed by atoms with E-state index in [1.54, 1.807) is 34.2 Å². The van der Waals surface area contributed by atoms with E-state index in [1.807, 2.05) is 0 Å². The van der Waals surface area contributed by atoms with Crippen molar-refractivity contribution in [2.75, 3.05) is 18.0 Å². The van der Waals surface area contributed by atoms with Crippen molar-refractivity contribution in [1.29, 1.82) is 0 Å². The highest BCUT2D eigenvalue weighted by molar-refractivity contribution is 8.00. The minimum Gasteiger partial charge on any atom is -0.375 e. The van der Waals surface area contributed by atoms with Crippen LogP contribution in [0, 0.1) is 0 Å². The highest BCUT2D eigenvalue weighted by Gasteiger charge is 2.51. The number of aromatic nitrogens is 1. The minimum absolute atomic E-state index is 0.0310. The number of nitrogens with zero attached hydrogens (tertiary/aromatic N) is 2. The number of hydrogen-bond donors (Lipinski definition) is 2. The van der Waals surface area contributed by atoms with Gasteiger partial charge in [-0.05, 0) is 18.2 Å². The highest BCUT2D eigenvalue weighted by atomic mass is 35.5. The maximum Gasteiger partial charge on any atom is 0.254 e. The molecule has 2 aromatic rings. The van der Waals surface area contributed by atoms with Gasteiger partial charge in [0.2, 0.25) is 5.91 Å². The summed E-state index contributed by atoms with van der Waals surface area (Å²) >= 11 is 21.5. The van der Waals surface area contributed by atoms with E-state index < -0.39 is 11.9 Å². The van der Waals surface area contributed by atoms with E-state index in [0.29, 0.717) is 33.0 Å². The van der Waals surface area contributed by atoms with Gasteiger partial charge in [0.15, 0.2) is 5.13 Å². The number of halogens is 3. The van der Waals surface area contributed by atoms with Crippen LogP contribution >= 0.6 is 57.9 Å². The SMILES string of the molecule is Nc1nc(/C(=C/c2c(Cl)ccc(Cl)c2Cl)C(=O)NC2C(=O)N3CCS[C@H]23)cs1. The third-order valence-corrected chi connectivity index (χ3v) is 7.57. The van der Waals surface area contributed by atoms with Gasteiger partial charge in [-0.25, -0.2) is 4.98 Å². The molecule has 3 N–H and O–H groups in total. The lowest BCUT2D eigenvalue weighted by atomic mass is 10.0. The van der Waals surface area contributed by atoms with Gasteiger partial charge >= 0.3 is 0 Å². The number of benzene rings is 1. The zero-order valence-electron chi connectivity index (χ0n) is 14.1. The summed E-state index contributed by atoms with van der Waals surface area (Å²) in [6, 6.07) is 2.60. The Morgan fingerprint density at radius 3 is 2.79 bits per heavy atom. The Kier molecular flexibility index (Phi) is 5.50. The first-order chi connectivity index (χ1) is 13.4. The number of β-lactam (4-membered cyclic amide) rings is 1. The molecule has 2 saturated heterocycles. The lowest BCUT2D eigenvalue weighted by molar-refractivity contribution is -0.146. The Bertz CT molecular complexity index is 1010. The molecule has 28 heavy (non-hydrogen) atoms. The molecule has 2 atom stereocenters. The molecule has 0 spiro atoms. The van der Waals surface area contributed by atoms with Crippen LogP contribution in [0.5, 0.6) is 0 Å². The van der Waals surface area contributed by atoms with Crippen molar-refractivity contribution >= 4 is 86.5 Å². The smallest absolute Gasteiger partial charge is 0.254 e. The van der Waals surface area contributed by atoms with Gasteiger partial charge in [-0.3, -0.25) is 9.59 Å². The van der Waals surface area contributed by atoms with Crippen LogP contribution in [0.15, 0.2) is 17.5 Å². The summed E-state index contributed by atoms with van der Waals surface area (Å²) in [6.07, 6.45) is 1.52. The van der Waals surface area contributed by atoms with Crippen molar-refractivity contribution in [3.05, 3.63) is 43.8 Å². The molecule has 3 heterocycles. The van der Waals surface area contributed by atoms with E-state index in [2.05, 4.69) is 10.3 Å². The van der Waals surface area contributed by atoms with Crippen LogP contribution in [-0.2, 0) is 9.59 Å². The summed E-state index contributed by atoms with van der Waals surface area (Å²) in [5, 5.41) is 5.61. The number of amides is 2. The number of thioether (sulfide) groups is 1. The first kappa shape index (κ1) is 19.8. The molecule has 1 aromatic carbocycles. The molecule has 0 aliphatic carbocycles. The third kappa shape index (κ3) is 3.48. The quantitative estimate of drug-likeness (QED) is 0.400. The van der Waals surface area contributed by atoms with E-state index in [1.165, 1.54) is 17.4 Å². The number of hydrogen-bond acceptors (Lipinski definition) is 6. The molecule has 2 fully saturated rings. The van der Waals surface area contributed by atoms with Gasteiger partial charge in [-0.1, -0.05) is 34.8 Å². The van der Waals surface area contributed by atoms with Crippen LogP contribution in [0.4, 0.5) is 5.13 Å². The number of thiazole rings is 1. The second-order valence-corrected chi connectivity index (χ2v) is 9.44. The van der Waals surface area contributed by atoms with E-state index in [9.17, 15) is 9.59 Å². The predicted molar refractivity (Wildman–Crippen MR) is 116 cm³/mol. The third-order valence-electron chi connectivity index (χ3n) is 4.46. The molecular weight excluding hydrogens is 463 g/mol. The summed E-state index contributed by atoms with van der Waals surface area (Å²) in [4.78, 5) is 31.2. The van der Waals surface area contributed by atoms with Crippen LogP contribution in [0.3, 0.4) is 0 Å². The fourth-order valence-electron chi connectivity index (χ4n) is 3.06. The van der Waals surface area contributed by atoms with Crippen LogP contribution in [0.2, 0.25) is 15.1 Å². The van der Waals surface area contributed by atoms with Crippen molar-refractivity contribution in [3.63, 3.8) is 0 Å². The number of carbonyl (C=O) groups excluding carboxylic acids is 2. The van der Waals surface area contributed by atoms with Gasteiger partial charge in [0, 0.05) is 28.3 Å². The van der Waals surface area contributed by atoms with Crippen LogP contribution in [0.1, 0.15) is 11.3 Å². The van der Waals surface area contributed by atoms with Gasteiger partial charge < -0.3 is 16.0 Å². The molecular formula is C17H13Cl3N4O2S2. The van der Waals surface area contributed by atoms with Crippen molar-refractivity contribution in [3.8, 4) is 0 Å². The maximum absolute atomic E-state index is 13.0. The number of carbonyl (C=O) groups is 2. The molecule has 1 aromatic heterocycles. The normalized spacial score (nSPS) is 21.5. The average Bonchev–Trinajstić information content (AvgIpc) is 3.29. The molecule has 0 saturated carbocycles. The first-order valence-corrected chi connectivity index (χ1v) is 11.2. The Balaban J connectivity index is 1.70. The van der Waals surface area contributed by atoms with Gasteiger partial charge in [0.05, 0.1) is 21.3 Å². The Morgan fingerprint density at radius 2 is 2.07 bits per heavy atom. The Hall–Kier alpha value is -1.45. The van der Waals surface area contributed by atoms with E-state index >= 15 is 0 Å². The Labute approximate surface area is 184 Å². The lowest BCUT2D eigenvalue weighted by Gasteiger charge is -2.41. The lowest BCUT2D eigenvalue weighted by Crippen LogP contribution is -2.67. The van der Waals surface area contributed by atoms with Crippen LogP contribution in [-0.4, -0.2) is 45.4 Å². The molecule has 2 aliphatic heterocycles. The number of nitrogens with two attached hydrogens (primary N) is 1. The van der Waals surface area contributed by atoms with E-state index in [-0.39, 0.29) is 21.9 Å². The van der Waals surface area contributed by atoms with Gasteiger partial charge in [0.25, 0.3) is 5.91 Å². The van der Waals surface area contributed by atoms with Crippen LogP contribution < -0.4 is 11.1 Å². The first-order valence-electron chi connectivity index (χ1n) is 8.16. The summed E-state index contributed by atoms with van der Waals surface area (Å²) in [5.41, 5.74) is 6.70. The summed E-state index contributed by atoms with van der Waals surface area (Å²) in [6.45, 7) is 0.708. The molecule has 6 nitrogen and oxygen atoms in total. The molecule has 1 unspecified atom stereocenters. The number of rotatable bonds is 4. The van der Waals surface area contributed by atoms with E-state index in [0.717, 1.165) is 5.75 Å². The molecule has 2 amide bonds. The summed E-state index contributed by atoms with van der Waals surface area (Å²) in [5.74, 6) is 0.323. The molecule has 0 bridgehead atoms. The van der Waals surface area contributed by atoms with Crippen molar-refractivity contribution in [2.45, 2.75) is 11.4 Å². The van der Waals surface area contributed by atoms with Crippen molar-refractivity contribution < 1.29 is 9.59 Å². The number of nitrogens with one attached hydrogen (secondary N) is 1. The second-order valence-electron chi connectivity index (χ2n) is 6.13. The molecule has 11 heteroatoms. The number of fused-ring (bicyclic) bond motifs is 1. The summed E-state index contributed by atoms with van der Waals surface area (Å²) in [7, 11) is 0. The molecule has 4 rings (SSSR count). The molecule has 0 radical (unpaired) electrons. The van der Waals surface area contributed by atoms with Crippen molar-refractivity contribution in [2.24, 2.45) is 0 Å². The topological polar surface area (TPSA) is 88.3 Å². The van der Waals surface area contributed by atoms with E-state index in [4.69, 9.17) is 40.5 Å². The Morgan fingerprint density at radius 1 is 1.32 bits per heavy atom. The van der Waals surface area contributed by atoms with Crippen LogP contribution in [0.25, 0.3) is 11.6 Å². The monoisotopic (exact) mass is 474 g/mol. The zero-order valence-corrected chi connectivity index (χ0v) is 18.0. The average molecular weight is 476 g/mol. The fraction of sp³-hybridized carbons (Fsp3) is 0.235. The minimum atomic E-state index is -0.565. The van der Waals surface area contributed by atoms with Gasteiger partial charge in [-0.15, -0.1) is 23.1 Å². The maximum atomic E-state index is 13.0. The number of anilines is 1. The van der Waals surface area contributed by atoms with Gasteiger partial charge in [-0.2, -0.15) is 0 Å². The predicted octanol–water partition coefficient (Wildman–Crippen LogP) is 3.63. The largest absolute Gasteiger partial charge is 0.375 e. The molecule has 2 aliphatic rings. The zero-order chi connectivity index (χ0) is 20.0. The van der Waals surface area contributed by atoms with Crippen molar-refractivity contribution in [1.82, 2.24) is 15.2 Å². The summed E-state index contributed by atoms with van der Waals surface area (Å²) < 4.78 is 0. The highest BCUT2D eigenvalue weighted by Crippen LogP contribution is 2.37. The van der Waals surface area contributed by atoms with Gasteiger partial charge in [0.1, 0.15) is 11.4 Å². The standard InChI is InChI=1S/C17H13Cl3N4O2S2/c18-9-1-2-10(19)12(20)7(9)5-8(11-6-28-17(21)22-11)14(25)23-13-15(26)24-3-4-27-16(13)24/h1-2,5-6,13,16H,3-4H2,(H2,21,22)(H,23,25)/b8-5-/t13?,16-/m1/s1. The fourth-order valence-corrected chi connectivity index (χ4v) is 5.58. The molecule has 146 valence electrons.